The summed E-state index contributed by atoms with van der Waals surface area (Å²) < 4.78 is 24.3. The summed E-state index contributed by atoms with van der Waals surface area (Å²) in [6, 6.07) is 11.3. The molecule has 2 aromatic rings. The zero-order chi connectivity index (χ0) is 15.6. The average Bonchev–Trinajstić information content (AvgIpc) is 2.37. The summed E-state index contributed by atoms with van der Waals surface area (Å²) in [7, 11) is -3.24. The molecule has 0 aliphatic heterocycles. The van der Waals surface area contributed by atoms with Crippen molar-refractivity contribution in [1.29, 1.82) is 0 Å². The Kier molecular flexibility index (Phi) is 4.85. The van der Waals surface area contributed by atoms with Crippen molar-refractivity contribution in [3.8, 4) is 0 Å². The Hall–Kier alpha value is -1.18. The third-order valence-electron chi connectivity index (χ3n) is 2.67. The first-order chi connectivity index (χ1) is 9.75. The molecule has 0 aliphatic rings. The summed E-state index contributed by atoms with van der Waals surface area (Å²) in [6.45, 7) is 0. The molecule has 21 heavy (non-hydrogen) atoms. The van der Waals surface area contributed by atoms with E-state index >= 15 is 0 Å². The molecule has 2 aromatic carbocycles. The van der Waals surface area contributed by atoms with Crippen molar-refractivity contribution >= 4 is 53.3 Å². The van der Waals surface area contributed by atoms with Crippen LogP contribution in [0.15, 0.2) is 56.3 Å². The second kappa shape index (κ2) is 6.29. The number of carbonyl (C=O) groups excluding carboxylic acids is 1. The van der Waals surface area contributed by atoms with E-state index in [-0.39, 0.29) is 10.8 Å². The van der Waals surface area contributed by atoms with E-state index in [2.05, 4.69) is 37.2 Å². The summed E-state index contributed by atoms with van der Waals surface area (Å²) >= 11 is 6.64. The van der Waals surface area contributed by atoms with Gasteiger partial charge in [0.2, 0.25) is 0 Å². The van der Waals surface area contributed by atoms with E-state index in [1.807, 2.05) is 6.07 Å². The van der Waals surface area contributed by atoms with Crippen LogP contribution < -0.4 is 5.32 Å². The standard InChI is InChI=1S/C14H11Br2NO3S/c1-21(19,20)13-4-2-12(3-5-13)17-14(18)9-6-10(15)8-11(16)7-9/h2-8H,1H3,(H,17,18). The Morgan fingerprint density at radius 1 is 1.00 bits per heavy atom. The SMILES string of the molecule is CS(=O)(=O)c1ccc(NC(=O)c2cc(Br)cc(Br)c2)cc1. The maximum atomic E-state index is 12.1. The number of amides is 1. The number of benzene rings is 2. The number of hydrogen-bond donors (Lipinski definition) is 1. The maximum absolute atomic E-state index is 12.1. The molecule has 0 bridgehead atoms. The number of halogens is 2. The summed E-state index contributed by atoms with van der Waals surface area (Å²) in [6.07, 6.45) is 1.14. The third-order valence-corrected chi connectivity index (χ3v) is 4.71. The van der Waals surface area contributed by atoms with Gasteiger partial charge in [-0.25, -0.2) is 8.42 Å². The highest BCUT2D eigenvalue weighted by Crippen LogP contribution is 2.21. The topological polar surface area (TPSA) is 63.2 Å². The van der Waals surface area contributed by atoms with E-state index in [1.54, 1.807) is 24.3 Å². The van der Waals surface area contributed by atoms with Crippen LogP contribution >= 0.6 is 31.9 Å². The minimum Gasteiger partial charge on any atom is -0.322 e. The predicted octanol–water partition coefficient (Wildman–Crippen LogP) is 3.87. The van der Waals surface area contributed by atoms with Gasteiger partial charge >= 0.3 is 0 Å². The number of rotatable bonds is 3. The van der Waals surface area contributed by atoms with E-state index in [9.17, 15) is 13.2 Å². The van der Waals surface area contributed by atoms with Crippen molar-refractivity contribution in [2.45, 2.75) is 4.90 Å². The quantitative estimate of drug-likeness (QED) is 0.800. The fourth-order valence-corrected chi connectivity index (χ4v) is 3.60. The summed E-state index contributed by atoms with van der Waals surface area (Å²) in [4.78, 5) is 12.3. The summed E-state index contributed by atoms with van der Waals surface area (Å²) in [5, 5.41) is 2.72. The first kappa shape index (κ1) is 16.2. The van der Waals surface area contributed by atoms with Crippen LogP contribution in [0, 0.1) is 0 Å². The molecule has 1 N–H and O–H groups in total. The monoisotopic (exact) mass is 431 g/mol. The van der Waals surface area contributed by atoms with Gasteiger partial charge in [0.1, 0.15) is 0 Å². The molecule has 110 valence electrons. The lowest BCUT2D eigenvalue weighted by Crippen LogP contribution is -2.12. The highest BCUT2D eigenvalue weighted by atomic mass is 79.9. The highest BCUT2D eigenvalue weighted by molar-refractivity contribution is 9.11. The van der Waals surface area contributed by atoms with E-state index in [4.69, 9.17) is 0 Å². The van der Waals surface area contributed by atoms with Crippen molar-refractivity contribution in [3.05, 3.63) is 57.0 Å². The minimum atomic E-state index is -3.24. The highest BCUT2D eigenvalue weighted by Gasteiger charge is 2.10. The molecule has 2 rings (SSSR count). The molecule has 0 fully saturated rings. The first-order valence-corrected chi connectivity index (χ1v) is 9.31. The number of hydrogen-bond acceptors (Lipinski definition) is 3. The fraction of sp³-hybridized carbons (Fsp3) is 0.0714. The Balaban J connectivity index is 2.20. The first-order valence-electron chi connectivity index (χ1n) is 5.83. The minimum absolute atomic E-state index is 0.214. The van der Waals surface area contributed by atoms with Gasteiger partial charge < -0.3 is 5.32 Å². The Morgan fingerprint density at radius 2 is 1.52 bits per heavy atom. The molecule has 0 unspecified atom stereocenters. The molecular formula is C14H11Br2NO3S. The van der Waals surface area contributed by atoms with Crippen LogP contribution in [-0.2, 0) is 9.84 Å². The Morgan fingerprint density at radius 3 is 2.00 bits per heavy atom. The van der Waals surface area contributed by atoms with Crippen LogP contribution in [0.3, 0.4) is 0 Å². The van der Waals surface area contributed by atoms with E-state index < -0.39 is 9.84 Å². The predicted molar refractivity (Wildman–Crippen MR) is 89.3 cm³/mol. The Labute approximate surface area is 139 Å². The molecule has 4 nitrogen and oxygen atoms in total. The molecule has 0 atom stereocenters. The van der Waals surface area contributed by atoms with Gasteiger partial charge in [0, 0.05) is 26.5 Å². The van der Waals surface area contributed by atoms with Crippen LogP contribution in [0.25, 0.3) is 0 Å². The number of sulfone groups is 1. The smallest absolute Gasteiger partial charge is 0.255 e. The van der Waals surface area contributed by atoms with Gasteiger partial charge in [0.15, 0.2) is 9.84 Å². The van der Waals surface area contributed by atoms with Crippen molar-refractivity contribution in [2.24, 2.45) is 0 Å². The van der Waals surface area contributed by atoms with Crippen molar-refractivity contribution in [3.63, 3.8) is 0 Å². The third kappa shape index (κ3) is 4.39. The second-order valence-electron chi connectivity index (χ2n) is 4.41. The molecule has 0 saturated heterocycles. The van der Waals surface area contributed by atoms with Crippen LogP contribution in [-0.4, -0.2) is 20.6 Å². The van der Waals surface area contributed by atoms with Gasteiger partial charge in [-0.1, -0.05) is 31.9 Å². The molecular weight excluding hydrogens is 422 g/mol. The molecule has 0 spiro atoms. The van der Waals surface area contributed by atoms with Crippen LogP contribution in [0.5, 0.6) is 0 Å². The van der Waals surface area contributed by atoms with Crippen LogP contribution in [0.2, 0.25) is 0 Å². The number of carbonyl (C=O) groups is 1. The lowest BCUT2D eigenvalue weighted by atomic mass is 10.2. The summed E-state index contributed by atoms with van der Waals surface area (Å²) in [5.74, 6) is -0.274. The van der Waals surface area contributed by atoms with E-state index in [0.29, 0.717) is 11.3 Å². The normalized spacial score (nSPS) is 11.2. The molecule has 0 heterocycles. The van der Waals surface area contributed by atoms with Crippen molar-refractivity contribution < 1.29 is 13.2 Å². The number of anilines is 1. The fourth-order valence-electron chi connectivity index (χ4n) is 1.67. The van der Waals surface area contributed by atoms with Crippen LogP contribution in [0.4, 0.5) is 5.69 Å². The molecule has 7 heteroatoms. The van der Waals surface area contributed by atoms with Crippen LogP contribution in [0.1, 0.15) is 10.4 Å². The van der Waals surface area contributed by atoms with Gasteiger partial charge in [0.25, 0.3) is 5.91 Å². The van der Waals surface area contributed by atoms with Gasteiger partial charge in [0.05, 0.1) is 4.90 Å². The molecule has 1 amide bonds. The van der Waals surface area contributed by atoms with E-state index in [1.165, 1.54) is 12.1 Å². The molecule has 0 aromatic heterocycles. The average molecular weight is 433 g/mol. The lowest BCUT2D eigenvalue weighted by molar-refractivity contribution is 0.102. The largest absolute Gasteiger partial charge is 0.322 e. The zero-order valence-corrected chi connectivity index (χ0v) is 14.9. The van der Waals surface area contributed by atoms with Gasteiger partial charge in [-0.2, -0.15) is 0 Å². The molecule has 0 saturated carbocycles. The number of nitrogens with one attached hydrogen (secondary N) is 1. The van der Waals surface area contributed by atoms with Gasteiger partial charge in [-0.3, -0.25) is 4.79 Å². The lowest BCUT2D eigenvalue weighted by Gasteiger charge is -2.07. The summed E-state index contributed by atoms with van der Waals surface area (Å²) in [5.41, 5.74) is 1.02. The Bertz CT molecular complexity index is 766. The second-order valence-corrected chi connectivity index (χ2v) is 8.26. The molecule has 0 aliphatic carbocycles. The van der Waals surface area contributed by atoms with Crippen molar-refractivity contribution in [1.82, 2.24) is 0 Å². The molecule has 0 radical (unpaired) electrons. The van der Waals surface area contributed by atoms with E-state index in [0.717, 1.165) is 15.2 Å². The van der Waals surface area contributed by atoms with Gasteiger partial charge in [-0.05, 0) is 42.5 Å². The maximum Gasteiger partial charge on any atom is 0.255 e. The zero-order valence-electron chi connectivity index (χ0n) is 10.9. The van der Waals surface area contributed by atoms with Crippen molar-refractivity contribution in [2.75, 3.05) is 11.6 Å². The van der Waals surface area contributed by atoms with Gasteiger partial charge in [-0.15, -0.1) is 0 Å².